The van der Waals surface area contributed by atoms with Crippen LogP contribution in [0.3, 0.4) is 0 Å². The van der Waals surface area contributed by atoms with Gasteiger partial charge in [-0.2, -0.15) is 0 Å². The molecule has 0 aliphatic heterocycles. The van der Waals surface area contributed by atoms with Crippen LogP contribution in [0.25, 0.3) is 0 Å². The van der Waals surface area contributed by atoms with Crippen LogP contribution in [0, 0.1) is 32.8 Å². The van der Waals surface area contributed by atoms with E-state index in [1.807, 2.05) is 0 Å². The smallest absolute Gasteiger partial charge is 0.204 e. The summed E-state index contributed by atoms with van der Waals surface area (Å²) in [6.45, 7) is 6.69. The minimum Gasteiger partial charge on any atom is -0.298 e. The van der Waals surface area contributed by atoms with Crippen LogP contribution in [0.5, 0.6) is 0 Å². The Labute approximate surface area is 128 Å². The van der Waals surface area contributed by atoms with Crippen molar-refractivity contribution in [3.05, 3.63) is 10.1 Å². The Bertz CT molecular complexity index is 530. The second-order valence-corrected chi connectivity index (χ2v) is 6.89. The van der Waals surface area contributed by atoms with Crippen molar-refractivity contribution < 1.29 is 24.1 Å². The van der Waals surface area contributed by atoms with Gasteiger partial charge in [-0.3, -0.25) is 29.3 Å². The molecule has 22 heavy (non-hydrogen) atoms. The van der Waals surface area contributed by atoms with Crippen LogP contribution in [-0.4, -0.2) is 34.6 Å². The SMILES string of the molecule is CC(CC[N+](=O)[O-])C(=O)C1C(=O)C(C)(C)C(=O)C(C)(C)C1=O. The van der Waals surface area contributed by atoms with Crippen molar-refractivity contribution >= 4 is 23.1 Å². The van der Waals surface area contributed by atoms with Gasteiger partial charge in [-0.1, -0.05) is 6.92 Å². The average Bonchev–Trinajstić information content (AvgIpc) is 2.42. The number of rotatable bonds is 5. The predicted molar refractivity (Wildman–Crippen MR) is 76.7 cm³/mol. The first-order chi connectivity index (χ1) is 9.85. The molecule has 1 aliphatic carbocycles. The van der Waals surface area contributed by atoms with E-state index in [4.69, 9.17) is 0 Å². The fraction of sp³-hybridized carbons (Fsp3) is 0.733. The summed E-state index contributed by atoms with van der Waals surface area (Å²) in [5.74, 6) is -4.85. The van der Waals surface area contributed by atoms with Crippen molar-refractivity contribution in [2.45, 2.75) is 41.0 Å². The number of hydrogen-bond donors (Lipinski definition) is 0. The van der Waals surface area contributed by atoms with Crippen LogP contribution < -0.4 is 0 Å². The third-order valence-electron chi connectivity index (χ3n) is 4.41. The van der Waals surface area contributed by atoms with Crippen molar-refractivity contribution in [1.82, 2.24) is 0 Å². The third kappa shape index (κ3) is 2.84. The first-order valence-electron chi connectivity index (χ1n) is 7.14. The van der Waals surface area contributed by atoms with E-state index in [9.17, 15) is 29.3 Å². The molecule has 0 aromatic heterocycles. The fourth-order valence-corrected chi connectivity index (χ4v) is 2.83. The molecule has 0 aromatic carbocycles. The highest BCUT2D eigenvalue weighted by Crippen LogP contribution is 2.41. The molecule has 0 saturated heterocycles. The fourth-order valence-electron chi connectivity index (χ4n) is 2.83. The molecule has 0 heterocycles. The zero-order chi connectivity index (χ0) is 17.5. The molecular formula is C15H21NO6. The highest BCUT2D eigenvalue weighted by molar-refractivity contribution is 6.35. The lowest BCUT2D eigenvalue weighted by Crippen LogP contribution is -2.59. The van der Waals surface area contributed by atoms with Crippen molar-refractivity contribution in [2.24, 2.45) is 22.7 Å². The van der Waals surface area contributed by atoms with E-state index in [2.05, 4.69) is 0 Å². The molecule has 1 unspecified atom stereocenters. The van der Waals surface area contributed by atoms with Crippen LogP contribution in [0.1, 0.15) is 41.0 Å². The number of carbonyl (C=O) groups is 4. The number of nitro groups is 1. The Hall–Kier alpha value is -1.92. The molecule has 122 valence electrons. The molecule has 1 aliphatic rings. The lowest BCUT2D eigenvalue weighted by Gasteiger charge is -2.40. The van der Waals surface area contributed by atoms with E-state index < -0.39 is 57.3 Å². The molecule has 1 fully saturated rings. The standard InChI is InChI=1S/C15H21NO6/c1-8(6-7-16(21)22)10(17)9-11(18)14(2,3)13(20)15(4,5)12(9)19/h8-9H,6-7H2,1-5H3. The zero-order valence-corrected chi connectivity index (χ0v) is 13.5. The summed E-state index contributed by atoms with van der Waals surface area (Å²) in [7, 11) is 0. The van der Waals surface area contributed by atoms with Crippen molar-refractivity contribution in [3.63, 3.8) is 0 Å². The van der Waals surface area contributed by atoms with E-state index in [1.165, 1.54) is 34.6 Å². The van der Waals surface area contributed by atoms with Crippen molar-refractivity contribution in [1.29, 1.82) is 0 Å². The van der Waals surface area contributed by atoms with Gasteiger partial charge in [0.25, 0.3) is 0 Å². The summed E-state index contributed by atoms with van der Waals surface area (Å²) < 4.78 is 0. The van der Waals surface area contributed by atoms with Gasteiger partial charge in [-0.05, 0) is 27.7 Å². The van der Waals surface area contributed by atoms with Crippen LogP contribution in [0.4, 0.5) is 0 Å². The minimum atomic E-state index is -1.51. The van der Waals surface area contributed by atoms with Crippen molar-refractivity contribution in [2.75, 3.05) is 6.54 Å². The maximum absolute atomic E-state index is 12.4. The number of carbonyl (C=O) groups excluding carboxylic acids is 4. The molecule has 1 atom stereocenters. The first-order valence-corrected chi connectivity index (χ1v) is 7.14. The van der Waals surface area contributed by atoms with Crippen LogP contribution >= 0.6 is 0 Å². The average molecular weight is 311 g/mol. The van der Waals surface area contributed by atoms with Crippen LogP contribution in [-0.2, 0) is 19.2 Å². The Morgan fingerprint density at radius 1 is 1.14 bits per heavy atom. The van der Waals surface area contributed by atoms with E-state index in [0.717, 1.165) is 0 Å². The number of ketones is 4. The topological polar surface area (TPSA) is 111 Å². The van der Waals surface area contributed by atoms with Crippen LogP contribution in [0.2, 0.25) is 0 Å². The quantitative estimate of drug-likeness (QED) is 0.429. The second kappa shape index (κ2) is 5.70. The van der Waals surface area contributed by atoms with Gasteiger partial charge in [0, 0.05) is 17.3 Å². The second-order valence-electron chi connectivity index (χ2n) is 6.89. The Morgan fingerprint density at radius 2 is 1.55 bits per heavy atom. The highest BCUT2D eigenvalue weighted by atomic mass is 16.6. The predicted octanol–water partition coefficient (Wildman–Crippen LogP) is 1.25. The summed E-state index contributed by atoms with van der Waals surface area (Å²) in [4.78, 5) is 59.5. The van der Waals surface area contributed by atoms with Gasteiger partial charge in [0.2, 0.25) is 6.54 Å². The van der Waals surface area contributed by atoms with Gasteiger partial charge in [-0.15, -0.1) is 0 Å². The molecule has 0 bridgehead atoms. The first kappa shape index (κ1) is 18.1. The number of hydrogen-bond acceptors (Lipinski definition) is 6. The normalized spacial score (nSPS) is 22.5. The molecule has 0 N–H and O–H groups in total. The number of nitrogens with zero attached hydrogens (tertiary/aromatic N) is 1. The summed E-state index contributed by atoms with van der Waals surface area (Å²) in [6.07, 6.45) is -0.0440. The minimum absolute atomic E-state index is 0.0440. The molecule has 0 amide bonds. The summed E-state index contributed by atoms with van der Waals surface area (Å²) in [5.41, 5.74) is -2.83. The monoisotopic (exact) mass is 311 g/mol. The largest absolute Gasteiger partial charge is 0.298 e. The van der Waals surface area contributed by atoms with E-state index in [0.29, 0.717) is 0 Å². The van der Waals surface area contributed by atoms with Crippen molar-refractivity contribution in [3.8, 4) is 0 Å². The lowest BCUT2D eigenvalue weighted by atomic mass is 9.57. The maximum atomic E-state index is 12.4. The van der Waals surface area contributed by atoms with E-state index in [-0.39, 0.29) is 6.42 Å². The Balaban J connectivity index is 3.14. The molecule has 1 rings (SSSR count). The summed E-state index contributed by atoms with van der Waals surface area (Å²) in [6, 6.07) is 0. The Kier molecular flexibility index (Phi) is 4.70. The Morgan fingerprint density at radius 3 is 1.91 bits per heavy atom. The molecule has 7 heteroatoms. The molecule has 0 spiro atoms. The van der Waals surface area contributed by atoms with Gasteiger partial charge >= 0.3 is 0 Å². The summed E-state index contributed by atoms with van der Waals surface area (Å²) in [5, 5.41) is 10.4. The zero-order valence-electron chi connectivity index (χ0n) is 13.5. The molecule has 0 radical (unpaired) electrons. The van der Waals surface area contributed by atoms with Crippen LogP contribution in [0.15, 0.2) is 0 Å². The van der Waals surface area contributed by atoms with Gasteiger partial charge in [-0.25, -0.2) is 0 Å². The molecular weight excluding hydrogens is 290 g/mol. The third-order valence-corrected chi connectivity index (χ3v) is 4.41. The molecule has 7 nitrogen and oxygen atoms in total. The lowest BCUT2D eigenvalue weighted by molar-refractivity contribution is -0.481. The van der Waals surface area contributed by atoms with E-state index >= 15 is 0 Å². The van der Waals surface area contributed by atoms with Gasteiger partial charge in [0.05, 0.1) is 10.8 Å². The highest BCUT2D eigenvalue weighted by Gasteiger charge is 2.60. The van der Waals surface area contributed by atoms with Gasteiger partial charge in [0.15, 0.2) is 23.1 Å². The summed E-state index contributed by atoms with van der Waals surface area (Å²) >= 11 is 0. The molecule has 0 aromatic rings. The molecule has 1 saturated carbocycles. The number of Topliss-reactive ketones (excluding diaryl/α,β-unsaturated/α-hetero) is 4. The van der Waals surface area contributed by atoms with E-state index in [1.54, 1.807) is 0 Å². The maximum Gasteiger partial charge on any atom is 0.204 e. The van der Waals surface area contributed by atoms with Gasteiger partial charge in [0.1, 0.15) is 5.92 Å². The van der Waals surface area contributed by atoms with Gasteiger partial charge < -0.3 is 0 Å².